The predicted octanol–water partition coefficient (Wildman–Crippen LogP) is 1.93. The van der Waals surface area contributed by atoms with E-state index < -0.39 is 11.8 Å². The van der Waals surface area contributed by atoms with E-state index in [0.29, 0.717) is 23.7 Å². The van der Waals surface area contributed by atoms with E-state index in [1.165, 1.54) is 6.07 Å². The summed E-state index contributed by atoms with van der Waals surface area (Å²) in [6.45, 7) is 1.41. The molecule has 0 saturated carbocycles. The Morgan fingerprint density at radius 2 is 2.05 bits per heavy atom. The topological polar surface area (TPSA) is 43.8 Å². The van der Waals surface area contributed by atoms with Crippen LogP contribution in [0.3, 0.4) is 0 Å². The van der Waals surface area contributed by atoms with Gasteiger partial charge in [-0.05, 0) is 26.2 Å². The molecular weight excluding hydrogens is 271 g/mol. The molecule has 0 aliphatic carbocycles. The molecule has 6 heteroatoms. The maximum Gasteiger partial charge on any atom is 0.317 e. The van der Waals surface area contributed by atoms with Gasteiger partial charge in [-0.3, -0.25) is 9.69 Å². The van der Waals surface area contributed by atoms with Crippen LogP contribution in [0.5, 0.6) is 0 Å². The van der Waals surface area contributed by atoms with Gasteiger partial charge in [-0.15, -0.1) is 0 Å². The highest BCUT2D eigenvalue weighted by Gasteiger charge is 2.13. The van der Waals surface area contributed by atoms with Crippen LogP contribution in [0.2, 0.25) is 5.02 Å². The smallest absolute Gasteiger partial charge is 0.317 e. The molecule has 0 aliphatic rings. The molecule has 0 aliphatic heterocycles. The molecule has 0 amide bonds. The first-order valence-corrected chi connectivity index (χ1v) is 6.29. The molecule has 0 bridgehead atoms. The number of carbonyl (C=O) groups is 1. The number of halogens is 2. The van der Waals surface area contributed by atoms with Crippen LogP contribution in [-0.2, 0) is 11.3 Å². The van der Waals surface area contributed by atoms with Crippen LogP contribution < -0.4 is 0 Å². The van der Waals surface area contributed by atoms with E-state index in [9.17, 15) is 9.18 Å². The molecule has 0 atom stereocenters. The lowest BCUT2D eigenvalue weighted by atomic mass is 10.2. The molecule has 106 valence electrons. The quantitative estimate of drug-likeness (QED) is 0.833. The Bertz CT molecular complexity index is 441. The van der Waals surface area contributed by atoms with Gasteiger partial charge < -0.3 is 10.0 Å². The van der Waals surface area contributed by atoms with Gasteiger partial charge in [0.25, 0.3) is 0 Å². The number of hydrogen-bond acceptors (Lipinski definition) is 3. The van der Waals surface area contributed by atoms with E-state index in [2.05, 4.69) is 0 Å². The summed E-state index contributed by atoms with van der Waals surface area (Å²) in [5.41, 5.74) is 0.449. The van der Waals surface area contributed by atoms with Gasteiger partial charge >= 0.3 is 5.97 Å². The second-order valence-electron chi connectivity index (χ2n) is 4.64. The van der Waals surface area contributed by atoms with Crippen molar-refractivity contribution in [2.45, 2.75) is 6.54 Å². The molecule has 1 N–H and O–H groups in total. The summed E-state index contributed by atoms with van der Waals surface area (Å²) in [7, 11) is 3.81. The number of likely N-dealkylation sites (N-methyl/N-ethyl adjacent to an activating group) is 1. The van der Waals surface area contributed by atoms with Gasteiger partial charge in [-0.2, -0.15) is 0 Å². The first-order chi connectivity index (χ1) is 8.88. The fraction of sp³-hybridized carbons (Fsp3) is 0.462. The summed E-state index contributed by atoms with van der Waals surface area (Å²) in [4.78, 5) is 14.5. The van der Waals surface area contributed by atoms with Crippen molar-refractivity contribution >= 4 is 17.6 Å². The summed E-state index contributed by atoms with van der Waals surface area (Å²) in [5.74, 6) is -1.33. The summed E-state index contributed by atoms with van der Waals surface area (Å²) in [6, 6.07) is 4.43. The van der Waals surface area contributed by atoms with Crippen LogP contribution in [-0.4, -0.2) is 54.6 Å². The van der Waals surface area contributed by atoms with Gasteiger partial charge in [0.15, 0.2) is 0 Å². The molecule has 0 spiro atoms. The van der Waals surface area contributed by atoms with Gasteiger partial charge in [0.2, 0.25) is 0 Å². The second-order valence-corrected chi connectivity index (χ2v) is 5.08. The highest BCUT2D eigenvalue weighted by molar-refractivity contribution is 6.30. The van der Waals surface area contributed by atoms with Gasteiger partial charge in [0.1, 0.15) is 5.82 Å². The van der Waals surface area contributed by atoms with Crippen molar-refractivity contribution in [3.8, 4) is 0 Å². The Morgan fingerprint density at radius 3 is 2.58 bits per heavy atom. The fourth-order valence-corrected chi connectivity index (χ4v) is 1.80. The first kappa shape index (κ1) is 15.9. The Kier molecular flexibility index (Phi) is 6.21. The molecule has 1 rings (SSSR count). The predicted molar refractivity (Wildman–Crippen MR) is 72.9 cm³/mol. The highest BCUT2D eigenvalue weighted by atomic mass is 35.5. The number of carboxylic acid groups (broad SMARTS) is 1. The summed E-state index contributed by atoms with van der Waals surface area (Å²) < 4.78 is 13.7. The molecule has 0 heterocycles. The van der Waals surface area contributed by atoms with E-state index >= 15 is 0 Å². The minimum atomic E-state index is -0.923. The molecule has 1 aromatic carbocycles. The van der Waals surface area contributed by atoms with E-state index in [0.717, 1.165) is 0 Å². The Morgan fingerprint density at radius 1 is 1.37 bits per heavy atom. The van der Waals surface area contributed by atoms with Gasteiger partial charge in [-0.25, -0.2) is 4.39 Å². The Balaban J connectivity index is 2.72. The number of aliphatic carboxylic acids is 1. The monoisotopic (exact) mass is 288 g/mol. The van der Waals surface area contributed by atoms with E-state index in [4.69, 9.17) is 16.7 Å². The number of hydrogen-bond donors (Lipinski definition) is 1. The van der Waals surface area contributed by atoms with Crippen molar-refractivity contribution in [3.05, 3.63) is 34.6 Å². The maximum absolute atomic E-state index is 13.7. The zero-order valence-electron chi connectivity index (χ0n) is 11.1. The molecule has 19 heavy (non-hydrogen) atoms. The van der Waals surface area contributed by atoms with Crippen molar-refractivity contribution in [1.29, 1.82) is 0 Å². The third-order valence-electron chi connectivity index (χ3n) is 2.63. The van der Waals surface area contributed by atoms with E-state index in [1.807, 2.05) is 19.0 Å². The summed E-state index contributed by atoms with van der Waals surface area (Å²) >= 11 is 5.69. The first-order valence-electron chi connectivity index (χ1n) is 5.91. The van der Waals surface area contributed by atoms with Gasteiger partial charge in [-0.1, -0.05) is 17.7 Å². The maximum atomic E-state index is 13.7. The molecule has 0 unspecified atom stereocenters. The number of carboxylic acids is 1. The SMILES string of the molecule is CN(C)CCN(CC(=O)O)Cc1ccc(Cl)cc1F. The third-order valence-corrected chi connectivity index (χ3v) is 2.87. The highest BCUT2D eigenvalue weighted by Crippen LogP contribution is 2.16. The third kappa shape index (κ3) is 6.00. The molecule has 1 aromatic rings. The van der Waals surface area contributed by atoms with Crippen molar-refractivity contribution in [1.82, 2.24) is 9.80 Å². The van der Waals surface area contributed by atoms with Crippen LogP contribution in [0, 0.1) is 5.82 Å². The average Bonchev–Trinajstić information content (AvgIpc) is 2.28. The number of nitrogens with zero attached hydrogens (tertiary/aromatic N) is 2. The average molecular weight is 289 g/mol. The zero-order valence-corrected chi connectivity index (χ0v) is 11.8. The van der Waals surface area contributed by atoms with Crippen LogP contribution in [0.15, 0.2) is 18.2 Å². The lowest BCUT2D eigenvalue weighted by Gasteiger charge is -2.22. The molecule has 0 saturated heterocycles. The fourth-order valence-electron chi connectivity index (χ4n) is 1.64. The Labute approximate surface area is 117 Å². The lowest BCUT2D eigenvalue weighted by molar-refractivity contribution is -0.138. The number of benzene rings is 1. The van der Waals surface area contributed by atoms with Crippen molar-refractivity contribution < 1.29 is 14.3 Å². The zero-order chi connectivity index (χ0) is 14.4. The molecule has 0 radical (unpaired) electrons. The van der Waals surface area contributed by atoms with Crippen LogP contribution in [0.25, 0.3) is 0 Å². The van der Waals surface area contributed by atoms with Crippen LogP contribution >= 0.6 is 11.6 Å². The second kappa shape index (κ2) is 7.43. The minimum absolute atomic E-state index is 0.115. The Hall–Kier alpha value is -1.17. The summed E-state index contributed by atoms with van der Waals surface area (Å²) in [6.07, 6.45) is 0. The van der Waals surface area contributed by atoms with Crippen molar-refractivity contribution in [3.63, 3.8) is 0 Å². The van der Waals surface area contributed by atoms with Crippen LogP contribution in [0.4, 0.5) is 4.39 Å². The van der Waals surface area contributed by atoms with Gasteiger partial charge in [0, 0.05) is 30.2 Å². The van der Waals surface area contributed by atoms with Crippen LogP contribution in [0.1, 0.15) is 5.56 Å². The van der Waals surface area contributed by atoms with Crippen molar-refractivity contribution in [2.24, 2.45) is 0 Å². The van der Waals surface area contributed by atoms with Gasteiger partial charge in [0.05, 0.1) is 6.54 Å². The number of rotatable bonds is 7. The standard InChI is InChI=1S/C13H18ClFN2O2/c1-16(2)5-6-17(9-13(18)19)8-10-3-4-11(14)7-12(10)15/h3-4,7H,5-6,8-9H2,1-2H3,(H,18,19). The molecule has 0 aromatic heterocycles. The summed E-state index contributed by atoms with van der Waals surface area (Å²) in [5, 5.41) is 9.20. The lowest BCUT2D eigenvalue weighted by Crippen LogP contribution is -2.35. The van der Waals surface area contributed by atoms with Crippen molar-refractivity contribution in [2.75, 3.05) is 33.7 Å². The normalized spacial score (nSPS) is 11.3. The minimum Gasteiger partial charge on any atom is -0.480 e. The molecular formula is C13H18ClFN2O2. The molecule has 4 nitrogen and oxygen atoms in total. The molecule has 0 fully saturated rings. The van der Waals surface area contributed by atoms with E-state index in [1.54, 1.807) is 17.0 Å². The largest absolute Gasteiger partial charge is 0.480 e. The van der Waals surface area contributed by atoms with E-state index in [-0.39, 0.29) is 13.1 Å².